The van der Waals surface area contributed by atoms with Gasteiger partial charge in [0.15, 0.2) is 4.93 Å². The summed E-state index contributed by atoms with van der Waals surface area (Å²) in [4.78, 5) is 28.6. The number of aromatic nitrogens is 1. The Hall–Kier alpha value is -1.76. The number of nitrogens with one attached hydrogen (secondary N) is 1. The van der Waals surface area contributed by atoms with Crippen molar-refractivity contribution in [3.63, 3.8) is 0 Å². The lowest BCUT2D eigenvalue weighted by Gasteiger charge is -2.42. The monoisotopic (exact) mass is 420 g/mol. The molecule has 1 N–H and O–H groups in total. The Morgan fingerprint density at radius 3 is 2.69 bits per heavy atom. The van der Waals surface area contributed by atoms with Gasteiger partial charge in [-0.15, -0.1) is 0 Å². The van der Waals surface area contributed by atoms with Crippen molar-refractivity contribution in [1.29, 1.82) is 0 Å². The highest BCUT2D eigenvalue weighted by molar-refractivity contribution is 8.00. The minimum Gasteiger partial charge on any atom is -0.460 e. The molecule has 2 aliphatic rings. The van der Waals surface area contributed by atoms with Crippen molar-refractivity contribution in [2.75, 3.05) is 5.88 Å². The predicted molar refractivity (Wildman–Crippen MR) is 114 cm³/mol. The van der Waals surface area contributed by atoms with Gasteiger partial charge in [0.25, 0.3) is 0 Å². The lowest BCUT2D eigenvalue weighted by molar-refractivity contribution is -0.155. The Morgan fingerprint density at radius 1 is 1.34 bits per heavy atom. The number of thioether (sulfide) groups is 1. The van der Waals surface area contributed by atoms with Crippen LogP contribution in [0.4, 0.5) is 0 Å². The SMILES string of the molecule is CC(C)(C)Cc1cnc2c(c1)[C@@H](CC(=O)OC(C)(C)C)CC1(CC(=O)NCS1)O2. The van der Waals surface area contributed by atoms with Crippen molar-refractivity contribution in [1.82, 2.24) is 10.3 Å². The van der Waals surface area contributed by atoms with Gasteiger partial charge in [0.2, 0.25) is 11.8 Å². The zero-order chi connectivity index (χ0) is 21.4. The molecule has 2 aliphatic heterocycles. The molecule has 0 bridgehead atoms. The molecule has 0 radical (unpaired) electrons. The van der Waals surface area contributed by atoms with E-state index in [0.29, 0.717) is 18.2 Å². The quantitative estimate of drug-likeness (QED) is 0.740. The first-order valence-electron chi connectivity index (χ1n) is 10.1. The van der Waals surface area contributed by atoms with E-state index in [2.05, 4.69) is 37.1 Å². The van der Waals surface area contributed by atoms with Crippen molar-refractivity contribution in [3.05, 3.63) is 23.4 Å². The zero-order valence-corrected chi connectivity index (χ0v) is 19.1. The summed E-state index contributed by atoms with van der Waals surface area (Å²) in [5.74, 6) is 0.656. The lowest BCUT2D eigenvalue weighted by Crippen LogP contribution is -2.48. The minimum atomic E-state index is -0.680. The van der Waals surface area contributed by atoms with E-state index in [1.165, 1.54) is 0 Å². The maximum absolute atomic E-state index is 12.6. The number of hydrogen-bond acceptors (Lipinski definition) is 6. The molecule has 1 spiro atoms. The molecule has 0 aromatic carbocycles. The Bertz CT molecular complexity index is 797. The molecule has 3 heterocycles. The molecule has 1 saturated heterocycles. The molecule has 0 saturated carbocycles. The van der Waals surface area contributed by atoms with Gasteiger partial charge in [-0.25, -0.2) is 4.98 Å². The molecule has 0 aliphatic carbocycles. The molecule has 6 nitrogen and oxygen atoms in total. The number of fused-ring (bicyclic) bond motifs is 1. The minimum absolute atomic E-state index is 0.0347. The van der Waals surface area contributed by atoms with Crippen LogP contribution in [0.2, 0.25) is 0 Å². The van der Waals surface area contributed by atoms with Gasteiger partial charge < -0.3 is 14.8 Å². The third kappa shape index (κ3) is 5.87. The summed E-state index contributed by atoms with van der Waals surface area (Å²) < 4.78 is 11.8. The third-order valence-corrected chi connectivity index (χ3v) is 6.03. The van der Waals surface area contributed by atoms with Crippen molar-refractivity contribution in [2.45, 2.75) is 83.7 Å². The fourth-order valence-electron chi connectivity index (χ4n) is 3.87. The second kappa shape index (κ2) is 7.82. The van der Waals surface area contributed by atoms with Crippen molar-refractivity contribution < 1.29 is 19.1 Å². The number of nitrogens with zero attached hydrogens (tertiary/aromatic N) is 1. The van der Waals surface area contributed by atoms with Crippen molar-refractivity contribution >= 4 is 23.6 Å². The summed E-state index contributed by atoms with van der Waals surface area (Å²) in [5.41, 5.74) is 1.66. The van der Waals surface area contributed by atoms with E-state index >= 15 is 0 Å². The van der Waals surface area contributed by atoms with Crippen LogP contribution in [0.25, 0.3) is 0 Å². The van der Waals surface area contributed by atoms with Crippen LogP contribution in [0.5, 0.6) is 5.88 Å². The zero-order valence-electron chi connectivity index (χ0n) is 18.3. The first kappa shape index (κ1) is 21.9. The largest absolute Gasteiger partial charge is 0.460 e. The van der Waals surface area contributed by atoms with E-state index in [1.54, 1.807) is 11.8 Å². The third-order valence-electron chi connectivity index (χ3n) is 4.82. The fraction of sp³-hybridized carbons (Fsp3) is 0.682. The molecule has 3 rings (SSSR count). The average molecular weight is 421 g/mol. The van der Waals surface area contributed by atoms with Gasteiger partial charge in [0.1, 0.15) is 5.60 Å². The highest BCUT2D eigenvalue weighted by Crippen LogP contribution is 2.49. The maximum atomic E-state index is 12.6. The van der Waals surface area contributed by atoms with Gasteiger partial charge in [0, 0.05) is 24.1 Å². The predicted octanol–water partition coefficient (Wildman–Crippen LogP) is 4.18. The highest BCUT2D eigenvalue weighted by atomic mass is 32.2. The molecule has 1 aromatic rings. The smallest absolute Gasteiger partial charge is 0.306 e. The molecular weight excluding hydrogens is 388 g/mol. The van der Waals surface area contributed by atoms with Crippen molar-refractivity contribution in [2.24, 2.45) is 5.41 Å². The van der Waals surface area contributed by atoms with E-state index in [9.17, 15) is 9.59 Å². The molecular formula is C22H32N2O4S. The number of carbonyl (C=O) groups excluding carboxylic acids is 2. The van der Waals surface area contributed by atoms with Crippen LogP contribution in [0.3, 0.4) is 0 Å². The van der Waals surface area contributed by atoms with E-state index < -0.39 is 10.5 Å². The summed E-state index contributed by atoms with van der Waals surface area (Å²) in [7, 11) is 0. The van der Waals surface area contributed by atoms with Crippen LogP contribution >= 0.6 is 11.8 Å². The second-order valence-corrected chi connectivity index (χ2v) is 11.6. The summed E-state index contributed by atoms with van der Waals surface area (Å²) in [5, 5.41) is 2.83. The molecule has 2 atom stereocenters. The van der Waals surface area contributed by atoms with Crippen LogP contribution in [-0.2, 0) is 20.7 Å². The Morgan fingerprint density at radius 2 is 2.07 bits per heavy atom. The Labute approximate surface area is 177 Å². The molecule has 160 valence electrons. The van der Waals surface area contributed by atoms with Gasteiger partial charge in [-0.1, -0.05) is 32.5 Å². The first-order valence-corrected chi connectivity index (χ1v) is 11.1. The van der Waals surface area contributed by atoms with Crippen molar-refractivity contribution in [3.8, 4) is 5.88 Å². The number of amides is 1. The van der Waals surface area contributed by atoms with Gasteiger partial charge in [-0.2, -0.15) is 0 Å². The topological polar surface area (TPSA) is 77.5 Å². The Kier molecular flexibility index (Phi) is 5.91. The maximum Gasteiger partial charge on any atom is 0.306 e. The lowest BCUT2D eigenvalue weighted by atomic mass is 9.84. The van der Waals surface area contributed by atoms with Gasteiger partial charge in [-0.3, -0.25) is 9.59 Å². The van der Waals surface area contributed by atoms with Crippen LogP contribution in [0.15, 0.2) is 12.3 Å². The molecule has 7 heteroatoms. The molecule has 1 aromatic heterocycles. The van der Waals surface area contributed by atoms with Crippen LogP contribution in [-0.4, -0.2) is 33.3 Å². The number of carbonyl (C=O) groups is 2. The normalized spacial score (nSPS) is 24.5. The Balaban J connectivity index is 1.92. The summed E-state index contributed by atoms with van der Waals surface area (Å²) in [6.07, 6.45) is 3.82. The average Bonchev–Trinajstić information content (AvgIpc) is 2.52. The van der Waals surface area contributed by atoms with Gasteiger partial charge >= 0.3 is 5.97 Å². The van der Waals surface area contributed by atoms with Crippen LogP contribution in [0, 0.1) is 5.41 Å². The van der Waals surface area contributed by atoms with Gasteiger partial charge in [0.05, 0.1) is 18.7 Å². The van der Waals surface area contributed by atoms with Gasteiger partial charge in [-0.05, 0) is 44.2 Å². The first-order chi connectivity index (χ1) is 13.3. The highest BCUT2D eigenvalue weighted by Gasteiger charge is 2.46. The number of esters is 1. The number of pyridine rings is 1. The number of ether oxygens (including phenoxy) is 2. The van der Waals surface area contributed by atoms with Crippen LogP contribution in [0.1, 0.15) is 77.8 Å². The number of hydrogen-bond donors (Lipinski definition) is 1. The fourth-order valence-corrected chi connectivity index (χ4v) is 5.06. The standard InChI is InChI=1S/C22H32N2O4S/c1-20(2,3)9-14-7-16-15(8-18(26)27-21(4,5)6)10-22(28-19(16)23-12-14)11-17(25)24-13-29-22/h7,12,15H,8-11,13H2,1-6H3,(H,24,25)/t15-,22?/m0/s1. The molecule has 1 amide bonds. The van der Waals surface area contributed by atoms with E-state index in [1.807, 2.05) is 27.0 Å². The van der Waals surface area contributed by atoms with E-state index in [-0.39, 0.29) is 36.1 Å². The molecule has 1 fully saturated rings. The van der Waals surface area contributed by atoms with Crippen LogP contribution < -0.4 is 10.1 Å². The summed E-state index contributed by atoms with van der Waals surface area (Å²) in [6.45, 7) is 12.2. The molecule has 29 heavy (non-hydrogen) atoms. The summed E-state index contributed by atoms with van der Waals surface area (Å²) >= 11 is 1.57. The molecule has 1 unspecified atom stereocenters. The second-order valence-electron chi connectivity index (χ2n) is 10.2. The van der Waals surface area contributed by atoms with E-state index in [0.717, 1.165) is 17.5 Å². The number of rotatable bonds is 3. The summed E-state index contributed by atoms with van der Waals surface area (Å²) in [6, 6.07) is 2.11. The van der Waals surface area contributed by atoms with E-state index in [4.69, 9.17) is 9.47 Å².